The van der Waals surface area contributed by atoms with Gasteiger partial charge in [-0.05, 0) is 22.9 Å². The van der Waals surface area contributed by atoms with Crippen molar-refractivity contribution in [2.75, 3.05) is 13.1 Å². The fraction of sp³-hybridized carbons (Fsp3) is 0.571. The Kier molecular flexibility index (Phi) is 1.84. The van der Waals surface area contributed by atoms with Crippen LogP contribution >= 0.6 is 15.9 Å². The fourth-order valence-electron chi connectivity index (χ4n) is 1.13. The summed E-state index contributed by atoms with van der Waals surface area (Å²) in [4.78, 5) is 0. The molecule has 5 heteroatoms. The summed E-state index contributed by atoms with van der Waals surface area (Å²) in [5, 5.41) is 9.79. The van der Waals surface area contributed by atoms with Gasteiger partial charge in [-0.3, -0.25) is 0 Å². The third kappa shape index (κ3) is 1.34. The minimum Gasteiger partial charge on any atom is -0.468 e. The van der Waals surface area contributed by atoms with Crippen LogP contribution in [0.5, 0.6) is 5.88 Å². The molecule has 2 N–H and O–H groups in total. The van der Waals surface area contributed by atoms with E-state index in [1.54, 1.807) is 6.20 Å². The molecule has 66 valence electrons. The van der Waals surface area contributed by atoms with Crippen LogP contribution in [0.3, 0.4) is 0 Å². The summed E-state index contributed by atoms with van der Waals surface area (Å²) in [6.45, 7) is 3.84. The molecule has 1 saturated heterocycles. The quantitative estimate of drug-likeness (QED) is 0.796. The minimum absolute atomic E-state index is 0.0744. The molecule has 0 atom stereocenters. The van der Waals surface area contributed by atoms with Gasteiger partial charge in [0, 0.05) is 13.1 Å². The summed E-state index contributed by atoms with van der Waals surface area (Å²) in [6.07, 6.45) is 1.69. The van der Waals surface area contributed by atoms with E-state index in [2.05, 4.69) is 38.4 Å². The van der Waals surface area contributed by atoms with Crippen LogP contribution in [0.1, 0.15) is 6.92 Å². The van der Waals surface area contributed by atoms with E-state index < -0.39 is 0 Å². The number of hydrogen-bond acceptors (Lipinski definition) is 3. The molecule has 1 aliphatic heterocycles. The summed E-state index contributed by atoms with van der Waals surface area (Å²) in [5.74, 6) is 0.707. The number of ether oxygens (including phenoxy) is 1. The van der Waals surface area contributed by atoms with Crippen molar-refractivity contribution < 1.29 is 4.74 Å². The Bertz CT molecular complexity index is 282. The zero-order valence-corrected chi connectivity index (χ0v) is 8.31. The van der Waals surface area contributed by atoms with Crippen LogP contribution in [0.15, 0.2) is 10.7 Å². The van der Waals surface area contributed by atoms with Gasteiger partial charge in [0.25, 0.3) is 0 Å². The SMILES string of the molecule is CC1(Oc2[nH]ncc2Br)CNC1. The molecule has 0 bridgehead atoms. The van der Waals surface area contributed by atoms with Gasteiger partial charge in [0.1, 0.15) is 5.60 Å². The van der Waals surface area contributed by atoms with Crippen LogP contribution in [-0.2, 0) is 0 Å². The number of H-pyrrole nitrogens is 1. The number of aromatic nitrogens is 2. The molecular formula is C7H10BrN3O. The van der Waals surface area contributed by atoms with Gasteiger partial charge in [-0.25, -0.2) is 5.10 Å². The van der Waals surface area contributed by atoms with Crippen LogP contribution in [-0.4, -0.2) is 28.9 Å². The zero-order chi connectivity index (χ0) is 8.60. The van der Waals surface area contributed by atoms with Crippen molar-refractivity contribution >= 4 is 15.9 Å². The third-order valence-electron chi connectivity index (χ3n) is 1.91. The van der Waals surface area contributed by atoms with Crippen molar-refractivity contribution in [3.8, 4) is 5.88 Å². The van der Waals surface area contributed by atoms with Gasteiger partial charge in [0.2, 0.25) is 5.88 Å². The summed E-state index contributed by atoms with van der Waals surface area (Å²) in [6, 6.07) is 0. The highest BCUT2D eigenvalue weighted by molar-refractivity contribution is 9.10. The molecule has 1 aromatic rings. The first-order valence-electron chi connectivity index (χ1n) is 3.78. The van der Waals surface area contributed by atoms with Crippen molar-refractivity contribution in [2.45, 2.75) is 12.5 Å². The Morgan fingerprint density at radius 3 is 2.83 bits per heavy atom. The third-order valence-corrected chi connectivity index (χ3v) is 2.47. The monoisotopic (exact) mass is 231 g/mol. The summed E-state index contributed by atoms with van der Waals surface area (Å²) < 4.78 is 6.55. The maximum Gasteiger partial charge on any atom is 0.224 e. The van der Waals surface area contributed by atoms with Gasteiger partial charge >= 0.3 is 0 Å². The lowest BCUT2D eigenvalue weighted by Crippen LogP contribution is -2.61. The Morgan fingerprint density at radius 1 is 1.67 bits per heavy atom. The van der Waals surface area contributed by atoms with E-state index >= 15 is 0 Å². The van der Waals surface area contributed by atoms with E-state index in [0.717, 1.165) is 17.6 Å². The van der Waals surface area contributed by atoms with E-state index in [1.165, 1.54) is 0 Å². The summed E-state index contributed by atoms with van der Waals surface area (Å²) in [5.41, 5.74) is -0.0744. The number of hydrogen-bond donors (Lipinski definition) is 2. The smallest absolute Gasteiger partial charge is 0.224 e. The molecule has 0 aliphatic carbocycles. The van der Waals surface area contributed by atoms with E-state index in [0.29, 0.717) is 5.88 Å². The van der Waals surface area contributed by atoms with Gasteiger partial charge in [-0.1, -0.05) is 0 Å². The normalized spacial score (nSPS) is 20.2. The van der Waals surface area contributed by atoms with E-state index in [9.17, 15) is 0 Å². The Balaban J connectivity index is 2.08. The molecule has 2 heterocycles. The predicted molar refractivity (Wildman–Crippen MR) is 48.2 cm³/mol. The predicted octanol–water partition coefficient (Wildman–Crippen LogP) is 0.913. The highest BCUT2D eigenvalue weighted by Gasteiger charge is 2.34. The van der Waals surface area contributed by atoms with Crippen LogP contribution in [0.2, 0.25) is 0 Å². The van der Waals surface area contributed by atoms with Gasteiger partial charge in [0.15, 0.2) is 0 Å². The molecule has 0 radical (unpaired) electrons. The molecule has 1 aromatic heterocycles. The maximum absolute atomic E-state index is 5.68. The number of halogens is 1. The number of nitrogens with one attached hydrogen (secondary N) is 2. The second kappa shape index (κ2) is 2.74. The van der Waals surface area contributed by atoms with Crippen LogP contribution in [0.4, 0.5) is 0 Å². The first-order valence-corrected chi connectivity index (χ1v) is 4.57. The standard InChI is InChI=1S/C7H10BrN3O/c1-7(3-9-4-7)12-6-5(8)2-10-11-6/h2,9H,3-4H2,1H3,(H,10,11). The maximum atomic E-state index is 5.68. The largest absolute Gasteiger partial charge is 0.468 e. The molecule has 4 nitrogen and oxygen atoms in total. The second-order valence-electron chi connectivity index (χ2n) is 3.20. The van der Waals surface area contributed by atoms with Crippen molar-refractivity contribution in [2.24, 2.45) is 0 Å². The van der Waals surface area contributed by atoms with E-state index in [-0.39, 0.29) is 5.60 Å². The van der Waals surface area contributed by atoms with Crippen LogP contribution < -0.4 is 10.1 Å². The second-order valence-corrected chi connectivity index (χ2v) is 4.06. The molecule has 0 spiro atoms. The number of rotatable bonds is 2. The van der Waals surface area contributed by atoms with Gasteiger partial charge in [-0.15, -0.1) is 0 Å². The molecule has 2 rings (SSSR count). The average Bonchev–Trinajstić information content (AvgIpc) is 2.34. The zero-order valence-electron chi connectivity index (χ0n) is 6.72. The Hall–Kier alpha value is -0.550. The lowest BCUT2D eigenvalue weighted by molar-refractivity contribution is 0.0297. The van der Waals surface area contributed by atoms with Gasteiger partial charge in [-0.2, -0.15) is 5.10 Å². The number of nitrogens with zero attached hydrogens (tertiary/aromatic N) is 1. The van der Waals surface area contributed by atoms with Crippen molar-refractivity contribution in [1.82, 2.24) is 15.5 Å². The molecule has 0 amide bonds. The van der Waals surface area contributed by atoms with Crippen molar-refractivity contribution in [1.29, 1.82) is 0 Å². The molecule has 0 aromatic carbocycles. The summed E-state index contributed by atoms with van der Waals surface area (Å²) in [7, 11) is 0. The van der Waals surface area contributed by atoms with Gasteiger partial charge < -0.3 is 10.1 Å². The number of aromatic amines is 1. The van der Waals surface area contributed by atoms with E-state index in [1.807, 2.05) is 0 Å². The molecule has 1 fully saturated rings. The molecule has 1 aliphatic rings. The van der Waals surface area contributed by atoms with Gasteiger partial charge in [0.05, 0.1) is 10.7 Å². The molecule has 0 saturated carbocycles. The fourth-order valence-corrected chi connectivity index (χ4v) is 1.40. The average molecular weight is 232 g/mol. The Morgan fingerprint density at radius 2 is 2.42 bits per heavy atom. The molecule has 0 unspecified atom stereocenters. The molecule has 12 heavy (non-hydrogen) atoms. The summed E-state index contributed by atoms with van der Waals surface area (Å²) >= 11 is 3.33. The minimum atomic E-state index is -0.0744. The Labute approximate surface area is 78.8 Å². The van der Waals surface area contributed by atoms with E-state index in [4.69, 9.17) is 4.74 Å². The highest BCUT2D eigenvalue weighted by Crippen LogP contribution is 2.26. The van der Waals surface area contributed by atoms with Crippen LogP contribution in [0.25, 0.3) is 0 Å². The highest BCUT2D eigenvalue weighted by atomic mass is 79.9. The van der Waals surface area contributed by atoms with Crippen LogP contribution in [0, 0.1) is 0 Å². The topological polar surface area (TPSA) is 49.9 Å². The first kappa shape index (κ1) is 8.07. The van der Waals surface area contributed by atoms with Crippen molar-refractivity contribution in [3.05, 3.63) is 10.7 Å². The first-order chi connectivity index (χ1) is 5.70. The lowest BCUT2D eigenvalue weighted by atomic mass is 10.0. The lowest BCUT2D eigenvalue weighted by Gasteiger charge is -2.38. The molecular weight excluding hydrogens is 222 g/mol. The van der Waals surface area contributed by atoms with Crippen molar-refractivity contribution in [3.63, 3.8) is 0 Å².